The quantitative estimate of drug-likeness (QED) is 0.824. The first-order valence-electron chi connectivity index (χ1n) is 7.78. The number of nitriles is 1. The van der Waals surface area contributed by atoms with Gasteiger partial charge in [-0.1, -0.05) is 37.3 Å². The highest BCUT2D eigenvalue weighted by Crippen LogP contribution is 2.15. The van der Waals surface area contributed by atoms with Crippen LogP contribution in [-0.2, 0) is 21.2 Å². The third kappa shape index (κ3) is 4.89. The van der Waals surface area contributed by atoms with Gasteiger partial charge in [-0.2, -0.15) is 9.57 Å². The smallest absolute Gasteiger partial charge is 0.243 e. The van der Waals surface area contributed by atoms with Crippen LogP contribution in [0.3, 0.4) is 0 Å². The van der Waals surface area contributed by atoms with Gasteiger partial charge in [0, 0.05) is 12.2 Å². The van der Waals surface area contributed by atoms with E-state index in [-0.39, 0.29) is 18.0 Å². The van der Waals surface area contributed by atoms with E-state index in [9.17, 15) is 13.2 Å². The third-order valence-corrected chi connectivity index (χ3v) is 5.51. The van der Waals surface area contributed by atoms with Crippen LogP contribution in [0.4, 0.5) is 5.69 Å². The Bertz CT molecular complexity index is 857. The summed E-state index contributed by atoms with van der Waals surface area (Å²) in [5, 5.41) is 11.3. The topological polar surface area (TPSA) is 90.3 Å². The van der Waals surface area contributed by atoms with Crippen molar-refractivity contribution in [2.24, 2.45) is 0 Å². The summed E-state index contributed by atoms with van der Waals surface area (Å²) in [5.41, 5.74) is 1.40. The molecule has 25 heavy (non-hydrogen) atoms. The molecular weight excluding hydrogens is 338 g/mol. The van der Waals surface area contributed by atoms with Crippen LogP contribution in [0.15, 0.2) is 59.5 Å². The lowest BCUT2D eigenvalue weighted by molar-refractivity contribution is -0.116. The summed E-state index contributed by atoms with van der Waals surface area (Å²) in [6.45, 7) is 1.60. The molecule has 0 aliphatic rings. The SMILES string of the molecule is CCN(CC(=O)Nc1ccc(CC#N)cc1)S(=O)(=O)c1ccccc1. The number of amides is 1. The number of likely N-dealkylation sites (N-methyl/N-ethyl adjacent to an activating group) is 1. The summed E-state index contributed by atoms with van der Waals surface area (Å²) < 4.78 is 26.3. The van der Waals surface area contributed by atoms with E-state index >= 15 is 0 Å². The van der Waals surface area contributed by atoms with Gasteiger partial charge in [-0.05, 0) is 29.8 Å². The zero-order valence-corrected chi connectivity index (χ0v) is 14.7. The minimum Gasteiger partial charge on any atom is -0.325 e. The average Bonchev–Trinajstić information content (AvgIpc) is 2.62. The molecule has 0 saturated carbocycles. The molecule has 6 nitrogen and oxygen atoms in total. The maximum atomic E-state index is 12.6. The number of carbonyl (C=O) groups excluding carboxylic acids is 1. The van der Waals surface area contributed by atoms with Crippen molar-refractivity contribution in [3.05, 3.63) is 60.2 Å². The Kier molecular flexibility index (Phi) is 6.28. The van der Waals surface area contributed by atoms with Gasteiger partial charge in [-0.25, -0.2) is 8.42 Å². The lowest BCUT2D eigenvalue weighted by Crippen LogP contribution is -2.37. The molecular formula is C18H19N3O3S. The normalized spacial score (nSPS) is 11.1. The van der Waals surface area contributed by atoms with E-state index in [2.05, 4.69) is 5.32 Å². The zero-order valence-electron chi connectivity index (χ0n) is 13.8. The van der Waals surface area contributed by atoms with Gasteiger partial charge in [0.25, 0.3) is 0 Å². The van der Waals surface area contributed by atoms with Crippen molar-refractivity contribution in [2.45, 2.75) is 18.2 Å². The number of sulfonamides is 1. The summed E-state index contributed by atoms with van der Waals surface area (Å²) in [7, 11) is -3.72. The summed E-state index contributed by atoms with van der Waals surface area (Å²) >= 11 is 0. The van der Waals surface area contributed by atoms with Crippen LogP contribution >= 0.6 is 0 Å². The van der Waals surface area contributed by atoms with Crippen molar-refractivity contribution in [2.75, 3.05) is 18.4 Å². The van der Waals surface area contributed by atoms with E-state index in [0.29, 0.717) is 12.1 Å². The molecule has 2 aromatic carbocycles. The standard InChI is InChI=1S/C18H19N3O3S/c1-2-21(25(23,24)17-6-4-3-5-7-17)14-18(22)20-16-10-8-15(9-11-16)12-13-19/h3-11H,2,12,14H2,1H3,(H,20,22). The fraction of sp³-hybridized carbons (Fsp3) is 0.222. The molecule has 0 atom stereocenters. The van der Waals surface area contributed by atoms with Crippen molar-refractivity contribution >= 4 is 21.6 Å². The fourth-order valence-corrected chi connectivity index (χ4v) is 3.69. The number of anilines is 1. The number of carbonyl (C=O) groups is 1. The fourth-order valence-electron chi connectivity index (χ4n) is 2.27. The summed E-state index contributed by atoms with van der Waals surface area (Å²) in [4.78, 5) is 12.4. The minimum absolute atomic E-state index is 0.158. The zero-order chi connectivity index (χ0) is 18.3. The first-order chi connectivity index (χ1) is 12.0. The van der Waals surface area contributed by atoms with Crippen LogP contribution in [0, 0.1) is 11.3 Å². The molecule has 0 saturated heterocycles. The van der Waals surface area contributed by atoms with Gasteiger partial charge in [0.1, 0.15) is 0 Å². The van der Waals surface area contributed by atoms with Crippen molar-refractivity contribution < 1.29 is 13.2 Å². The minimum atomic E-state index is -3.72. The van der Waals surface area contributed by atoms with E-state index in [4.69, 9.17) is 5.26 Å². The van der Waals surface area contributed by atoms with Crippen molar-refractivity contribution in [1.82, 2.24) is 4.31 Å². The maximum absolute atomic E-state index is 12.6. The van der Waals surface area contributed by atoms with Gasteiger partial charge in [0.05, 0.1) is 23.9 Å². The van der Waals surface area contributed by atoms with Gasteiger partial charge < -0.3 is 5.32 Å². The second kappa shape index (κ2) is 8.42. The lowest BCUT2D eigenvalue weighted by Gasteiger charge is -2.20. The van der Waals surface area contributed by atoms with Crippen LogP contribution in [0.25, 0.3) is 0 Å². The first-order valence-corrected chi connectivity index (χ1v) is 9.22. The number of rotatable bonds is 7. The first kappa shape index (κ1) is 18.6. The highest BCUT2D eigenvalue weighted by Gasteiger charge is 2.24. The monoisotopic (exact) mass is 357 g/mol. The molecule has 0 radical (unpaired) electrons. The third-order valence-electron chi connectivity index (χ3n) is 3.57. The van der Waals surface area contributed by atoms with Gasteiger partial charge in [0.2, 0.25) is 15.9 Å². The molecule has 2 aromatic rings. The Labute approximate surface area is 147 Å². The molecule has 0 heterocycles. The highest BCUT2D eigenvalue weighted by atomic mass is 32.2. The second-order valence-corrected chi connectivity index (χ2v) is 7.26. The molecule has 2 rings (SSSR count). The van der Waals surface area contributed by atoms with Crippen molar-refractivity contribution in [3.8, 4) is 6.07 Å². The Balaban J connectivity index is 2.06. The van der Waals surface area contributed by atoms with Crippen LogP contribution in [0.1, 0.15) is 12.5 Å². The van der Waals surface area contributed by atoms with Gasteiger partial charge in [0.15, 0.2) is 0 Å². The Morgan fingerprint density at radius 2 is 1.76 bits per heavy atom. The predicted octanol–water partition coefficient (Wildman–Crippen LogP) is 2.40. The van der Waals surface area contributed by atoms with E-state index in [1.807, 2.05) is 6.07 Å². The number of nitrogens with one attached hydrogen (secondary N) is 1. The summed E-state index contributed by atoms with van der Waals surface area (Å²) in [5.74, 6) is -0.422. The summed E-state index contributed by atoms with van der Waals surface area (Å²) in [6, 6.07) is 16.9. The number of benzene rings is 2. The van der Waals surface area contributed by atoms with E-state index in [0.717, 1.165) is 9.87 Å². The number of hydrogen-bond acceptors (Lipinski definition) is 4. The molecule has 1 amide bonds. The lowest BCUT2D eigenvalue weighted by atomic mass is 10.1. The Morgan fingerprint density at radius 3 is 2.32 bits per heavy atom. The summed E-state index contributed by atoms with van der Waals surface area (Å²) in [6.07, 6.45) is 0.299. The van der Waals surface area contributed by atoms with Crippen LogP contribution < -0.4 is 5.32 Å². The van der Waals surface area contributed by atoms with Gasteiger partial charge in [-0.15, -0.1) is 0 Å². The van der Waals surface area contributed by atoms with E-state index in [1.54, 1.807) is 49.4 Å². The van der Waals surface area contributed by atoms with Crippen LogP contribution in [0.5, 0.6) is 0 Å². The molecule has 0 fully saturated rings. The molecule has 130 valence electrons. The van der Waals surface area contributed by atoms with Crippen molar-refractivity contribution in [1.29, 1.82) is 5.26 Å². The van der Waals surface area contributed by atoms with Gasteiger partial charge in [-0.3, -0.25) is 4.79 Å². The largest absolute Gasteiger partial charge is 0.325 e. The molecule has 0 bridgehead atoms. The highest BCUT2D eigenvalue weighted by molar-refractivity contribution is 7.89. The van der Waals surface area contributed by atoms with Crippen LogP contribution in [-0.4, -0.2) is 31.7 Å². The predicted molar refractivity (Wildman–Crippen MR) is 95.3 cm³/mol. The van der Waals surface area contributed by atoms with Crippen molar-refractivity contribution in [3.63, 3.8) is 0 Å². The number of hydrogen-bond donors (Lipinski definition) is 1. The van der Waals surface area contributed by atoms with E-state index < -0.39 is 15.9 Å². The average molecular weight is 357 g/mol. The van der Waals surface area contributed by atoms with Gasteiger partial charge >= 0.3 is 0 Å². The molecule has 0 aliphatic carbocycles. The molecule has 1 N–H and O–H groups in total. The number of nitrogens with zero attached hydrogens (tertiary/aromatic N) is 2. The molecule has 0 aliphatic heterocycles. The maximum Gasteiger partial charge on any atom is 0.243 e. The molecule has 0 aromatic heterocycles. The van der Waals surface area contributed by atoms with Crippen LogP contribution in [0.2, 0.25) is 0 Å². The Hall–Kier alpha value is -2.69. The Morgan fingerprint density at radius 1 is 1.12 bits per heavy atom. The molecule has 0 spiro atoms. The molecule has 0 unspecified atom stereocenters. The molecule has 7 heteroatoms. The second-order valence-electron chi connectivity index (χ2n) is 5.32. The van der Waals surface area contributed by atoms with E-state index in [1.165, 1.54) is 12.1 Å².